The van der Waals surface area contributed by atoms with Crippen LogP contribution in [0, 0.1) is 0 Å². The van der Waals surface area contributed by atoms with Gasteiger partial charge >= 0.3 is 12.0 Å². The van der Waals surface area contributed by atoms with Crippen LogP contribution in [0.4, 0.5) is 27.5 Å². The van der Waals surface area contributed by atoms with Crippen molar-refractivity contribution >= 4 is 34.7 Å². The molecule has 0 saturated carbocycles. The lowest BCUT2D eigenvalue weighted by Gasteiger charge is -2.34. The predicted molar refractivity (Wildman–Crippen MR) is 400 cm³/mol. The number of benzene rings is 12. The maximum Gasteiger partial charge on any atom is 0.330 e. The second kappa shape index (κ2) is 27.4. The minimum Gasteiger partial charge on any atom is -0.506 e. The molecule has 12 aromatic rings. The normalized spacial score (nSPS) is 14.0. The molecule has 0 fully saturated rings. The Morgan fingerprint density at radius 2 is 0.718 bits per heavy atom. The summed E-state index contributed by atoms with van der Waals surface area (Å²) in [6, 6.07) is 85.9. The van der Waals surface area contributed by atoms with Crippen LogP contribution in [0.15, 0.2) is 280 Å². The third-order valence-electron chi connectivity index (χ3n) is 20.2. The molecule has 15 rings (SSSR count). The van der Waals surface area contributed by atoms with E-state index in [0.717, 1.165) is 101 Å². The van der Waals surface area contributed by atoms with Crippen molar-refractivity contribution in [1.82, 2.24) is 5.32 Å². The summed E-state index contributed by atoms with van der Waals surface area (Å²) in [7, 11) is 0. The lowest BCUT2D eigenvalue weighted by molar-refractivity contribution is -0.137. The van der Waals surface area contributed by atoms with Crippen LogP contribution in [-0.4, -0.2) is 94.3 Å². The third kappa shape index (κ3) is 11.6. The van der Waals surface area contributed by atoms with E-state index in [-0.39, 0.29) is 73.8 Å². The number of phenolic OH excluding ortho intramolecular Hbond substituents is 4. The molecule has 512 valence electrons. The highest BCUT2D eigenvalue weighted by molar-refractivity contribution is 5.93. The molecular formula is C87H73N5O11. The first-order chi connectivity index (χ1) is 50.2. The van der Waals surface area contributed by atoms with Crippen molar-refractivity contribution < 1.29 is 54.4 Å². The number of rotatable bonds is 23. The molecule has 16 heteroatoms. The maximum absolute atomic E-state index is 13.2. The van der Waals surface area contributed by atoms with Crippen molar-refractivity contribution in [2.45, 2.75) is 28.5 Å². The average molecular weight is 1360 g/mol. The molecule has 12 N–H and O–H groups in total. The van der Waals surface area contributed by atoms with Gasteiger partial charge in [0.25, 0.3) is 0 Å². The van der Waals surface area contributed by atoms with Crippen LogP contribution in [0.1, 0.15) is 66.8 Å². The van der Waals surface area contributed by atoms with Crippen molar-refractivity contribution in [3.63, 3.8) is 0 Å². The quantitative estimate of drug-likeness (QED) is 0.00937. The number of hydrogen-bond donors (Lipinski definition) is 11. The van der Waals surface area contributed by atoms with Crippen LogP contribution < -0.4 is 36.5 Å². The van der Waals surface area contributed by atoms with Crippen molar-refractivity contribution in [2.24, 2.45) is 0 Å². The van der Waals surface area contributed by atoms with E-state index in [0.29, 0.717) is 28.4 Å². The first kappa shape index (κ1) is 66.1. The molecule has 0 heterocycles. The molecule has 12 aromatic carbocycles. The fourth-order valence-corrected chi connectivity index (χ4v) is 15.7. The Morgan fingerprint density at radius 1 is 0.408 bits per heavy atom. The zero-order valence-electron chi connectivity index (χ0n) is 55.9. The number of amides is 2. The Morgan fingerprint density at radius 3 is 1.08 bits per heavy atom. The number of ether oxygens (including phenoxy) is 3. The van der Waals surface area contributed by atoms with Gasteiger partial charge in [-0.2, -0.15) is 0 Å². The van der Waals surface area contributed by atoms with Crippen molar-refractivity contribution in [2.75, 3.05) is 61.1 Å². The molecule has 0 radical (unpaired) electrons. The fraction of sp³-hybridized carbons (Fsp3) is 0.126. The Kier molecular flexibility index (Phi) is 17.6. The number of anilines is 4. The van der Waals surface area contributed by atoms with Gasteiger partial charge in [-0.3, -0.25) is 0 Å². The highest BCUT2D eigenvalue weighted by Crippen LogP contribution is 2.60. The van der Waals surface area contributed by atoms with E-state index in [1.54, 1.807) is 24.3 Å². The molecule has 0 aliphatic heterocycles. The van der Waals surface area contributed by atoms with Gasteiger partial charge in [0.15, 0.2) is 0 Å². The monoisotopic (exact) mass is 1360 g/mol. The molecule has 16 nitrogen and oxygen atoms in total. The average Bonchev–Trinajstić information content (AvgIpc) is 1.57. The van der Waals surface area contributed by atoms with Gasteiger partial charge in [-0.25, -0.2) is 9.59 Å². The van der Waals surface area contributed by atoms with Gasteiger partial charge in [-0.1, -0.05) is 201 Å². The molecular weight excluding hydrogens is 1290 g/mol. The molecule has 0 spiro atoms. The SMILES string of the molecule is C=CC(=O)OCCNC(=O)Nc1cc(C2(c3ccc(O)c(NCC(O)COc4ccc(C5(c6ccc(OCC(O)CNc7cc(C8(c9ccc(O)c(N)c9)c9ccccc9-c9ccccc98)ccc7O)cc6)c6ccccc6-c6ccccc65)cc4)c3)c3ccccc3-c3ccccc32)ccc1O. The second-order valence-corrected chi connectivity index (χ2v) is 26.0. The highest BCUT2D eigenvalue weighted by Gasteiger charge is 2.49. The van der Waals surface area contributed by atoms with Gasteiger partial charge in [0.1, 0.15) is 66.5 Å². The summed E-state index contributed by atoms with van der Waals surface area (Å²) in [5.74, 6) is 0.241. The minimum atomic E-state index is -1.04. The smallest absolute Gasteiger partial charge is 0.330 e. The number of aliphatic hydroxyl groups is 2. The van der Waals surface area contributed by atoms with E-state index < -0.39 is 40.5 Å². The number of esters is 1. The first-order valence-electron chi connectivity index (χ1n) is 34.0. The van der Waals surface area contributed by atoms with Crippen molar-refractivity contribution in [3.8, 4) is 67.9 Å². The number of hydrogen-bond acceptors (Lipinski definition) is 14. The Hall–Kier alpha value is -12.8. The van der Waals surface area contributed by atoms with E-state index >= 15 is 0 Å². The number of carbonyl (C=O) groups excluding carboxylic acids is 2. The number of nitrogens with one attached hydrogen (secondary N) is 4. The van der Waals surface area contributed by atoms with E-state index in [1.807, 2.05) is 127 Å². The van der Waals surface area contributed by atoms with Gasteiger partial charge in [0, 0.05) is 19.2 Å². The van der Waals surface area contributed by atoms with Crippen LogP contribution in [0.2, 0.25) is 0 Å². The Labute approximate surface area is 595 Å². The third-order valence-corrected chi connectivity index (χ3v) is 20.2. The van der Waals surface area contributed by atoms with Crippen molar-refractivity contribution in [3.05, 3.63) is 346 Å². The summed E-state index contributed by atoms with van der Waals surface area (Å²) >= 11 is 0. The zero-order chi connectivity index (χ0) is 71.0. The second-order valence-electron chi connectivity index (χ2n) is 26.0. The molecule has 0 saturated heterocycles. The zero-order valence-corrected chi connectivity index (χ0v) is 55.9. The number of fused-ring (bicyclic) bond motifs is 9. The first-order valence-corrected chi connectivity index (χ1v) is 34.0. The molecule has 2 atom stereocenters. The molecule has 3 aliphatic rings. The van der Waals surface area contributed by atoms with Crippen LogP contribution in [-0.2, 0) is 25.8 Å². The number of nitrogens with two attached hydrogens (primary N) is 1. The van der Waals surface area contributed by atoms with Crippen molar-refractivity contribution in [1.29, 1.82) is 0 Å². The summed E-state index contributed by atoms with van der Waals surface area (Å²) in [6.45, 7) is 3.24. The van der Waals surface area contributed by atoms with Gasteiger partial charge in [-0.05, 0) is 173 Å². The lowest BCUT2D eigenvalue weighted by Crippen LogP contribution is -2.32. The maximum atomic E-state index is 13.2. The largest absolute Gasteiger partial charge is 0.506 e. The number of carbonyl (C=O) groups is 2. The van der Waals surface area contributed by atoms with E-state index in [1.165, 1.54) is 6.07 Å². The topological polar surface area (TPSA) is 257 Å². The number of aliphatic hydroxyl groups excluding tert-OH is 2. The van der Waals surface area contributed by atoms with Gasteiger partial charge in [0.2, 0.25) is 0 Å². The van der Waals surface area contributed by atoms with E-state index in [4.69, 9.17) is 19.9 Å². The predicted octanol–water partition coefficient (Wildman–Crippen LogP) is 14.7. The molecule has 2 amide bonds. The van der Waals surface area contributed by atoms with Crippen LogP contribution in [0.5, 0.6) is 34.5 Å². The number of phenols is 4. The summed E-state index contributed by atoms with van der Waals surface area (Å²) in [5.41, 5.74) is 22.5. The molecule has 2 unspecified atom stereocenters. The molecule has 3 aliphatic carbocycles. The highest BCUT2D eigenvalue weighted by atomic mass is 16.5. The Balaban J connectivity index is 0.641. The lowest BCUT2D eigenvalue weighted by atomic mass is 9.67. The molecule has 103 heavy (non-hydrogen) atoms. The van der Waals surface area contributed by atoms with Gasteiger partial charge < -0.3 is 71.9 Å². The van der Waals surface area contributed by atoms with Crippen LogP contribution in [0.25, 0.3) is 33.4 Å². The summed E-state index contributed by atoms with van der Waals surface area (Å²) in [5, 5.41) is 79.7. The number of urea groups is 1. The van der Waals surface area contributed by atoms with Crippen LogP contribution in [0.3, 0.4) is 0 Å². The Bertz CT molecular complexity index is 5110. The van der Waals surface area contributed by atoms with E-state index in [9.17, 15) is 40.2 Å². The van der Waals surface area contributed by atoms with Crippen LogP contribution >= 0.6 is 0 Å². The fourth-order valence-electron chi connectivity index (χ4n) is 15.7. The van der Waals surface area contributed by atoms with Gasteiger partial charge in [-0.15, -0.1) is 0 Å². The summed E-state index contributed by atoms with van der Waals surface area (Å²) < 4.78 is 17.6. The summed E-state index contributed by atoms with van der Waals surface area (Å²) in [4.78, 5) is 24.7. The van der Waals surface area contributed by atoms with E-state index in [2.05, 4.69) is 137 Å². The minimum absolute atomic E-state index is 0.00316. The molecule has 0 aromatic heterocycles. The number of nitrogen functional groups attached to an aromatic ring is 1. The van der Waals surface area contributed by atoms with Gasteiger partial charge in [0.05, 0.1) is 45.5 Å². The number of aromatic hydroxyl groups is 4. The standard InChI is InChI=1S/C87H73N5O11/c1-2-83(99)101-44-43-89-84(100)92-78-48-58(34-42-82(78)98)87(73-25-13-7-19-67(73)68-20-8-14-26-74(68)87)57-33-41-81(97)77(47-57)91-50-60(94)52-103-62-37-29-54(30-38-62)85(69-21-9-3-15-63(69)64-16-4-10-22-70(64)85)53-27-35-61(36-28-53)102-51-59(93)49-90-76-46-56(32-40-80(76)96)86(55-31-39-79(95)75(88)45-55)71-23-11-5-17-65(71)66-18-6-12-24-72(66)86/h2-42,45-48,59-60,90-91,93-98H,1,43-44,49-52,88H2,(H2,89,92,100). The summed E-state index contributed by atoms with van der Waals surface area (Å²) in [6.07, 6.45) is -0.989. The molecule has 0 bridgehead atoms.